The number of carbonyl (C=O) groups is 1. The van der Waals surface area contributed by atoms with Gasteiger partial charge in [0.25, 0.3) is 5.69 Å². The van der Waals surface area contributed by atoms with Crippen molar-refractivity contribution in [1.29, 1.82) is 0 Å². The fraction of sp³-hybridized carbons (Fsp3) is 0.606. The van der Waals surface area contributed by atoms with Gasteiger partial charge in [-0.2, -0.15) is 5.06 Å². The van der Waals surface area contributed by atoms with Crippen molar-refractivity contribution < 1.29 is 29.5 Å². The summed E-state index contributed by atoms with van der Waals surface area (Å²) in [5.74, 6) is 1.05. The second kappa shape index (κ2) is 12.3. The summed E-state index contributed by atoms with van der Waals surface area (Å²) >= 11 is 0. The van der Waals surface area contributed by atoms with E-state index < -0.39 is 29.1 Å². The van der Waals surface area contributed by atoms with Crippen LogP contribution < -0.4 is 15.0 Å². The molecule has 11 heteroatoms. The molecule has 4 aliphatic rings. The predicted octanol–water partition coefficient (Wildman–Crippen LogP) is 4.00. The molecular weight excluding hydrogens is 564 g/mol. The van der Waals surface area contributed by atoms with Gasteiger partial charge in [0.1, 0.15) is 17.9 Å². The molecule has 2 bridgehead atoms. The number of hydroxylamine groups is 2. The summed E-state index contributed by atoms with van der Waals surface area (Å²) in [6, 6.07) is 9.59. The number of para-hydroxylation sites is 1. The smallest absolute Gasteiger partial charge is 0.272 e. The highest BCUT2D eigenvalue weighted by atomic mass is 16.7. The van der Waals surface area contributed by atoms with Crippen LogP contribution in [0.2, 0.25) is 0 Å². The van der Waals surface area contributed by atoms with Gasteiger partial charge >= 0.3 is 0 Å². The van der Waals surface area contributed by atoms with Gasteiger partial charge in [-0.3, -0.25) is 19.7 Å². The lowest BCUT2D eigenvalue weighted by molar-refractivity contribution is -0.384. The molecule has 0 aromatic heterocycles. The maximum Gasteiger partial charge on any atom is 0.272 e. The molecule has 1 aliphatic heterocycles. The minimum Gasteiger partial charge on any atom is -0.496 e. The normalized spacial score (nSPS) is 29.9. The van der Waals surface area contributed by atoms with Crippen molar-refractivity contribution in [2.75, 3.05) is 32.7 Å². The molecule has 240 valence electrons. The lowest BCUT2D eigenvalue weighted by Gasteiger charge is -2.62. The summed E-state index contributed by atoms with van der Waals surface area (Å²) in [5, 5.41) is 37.5. The maximum absolute atomic E-state index is 14.0. The number of amides is 1. The van der Waals surface area contributed by atoms with Crippen LogP contribution in [0.3, 0.4) is 0 Å². The zero-order valence-electron chi connectivity index (χ0n) is 26.7. The van der Waals surface area contributed by atoms with E-state index in [-0.39, 0.29) is 36.2 Å². The Morgan fingerprint density at radius 2 is 2.00 bits per heavy atom. The monoisotopic (exact) mass is 610 g/mol. The molecule has 0 unspecified atom stereocenters. The first-order valence-corrected chi connectivity index (χ1v) is 15.4. The van der Waals surface area contributed by atoms with Crippen LogP contribution in [0.4, 0.5) is 11.4 Å². The number of nitrogens with one attached hydrogen (secondary N) is 1. The standard InChI is InChI=1S/C33H46N4O7/c1-18-26-13-22(33(26,3)4)14-27(18)34-32(40)30-29(19(2)39)28(17-38)44-36(30)16-20-9-8-10-25(31(20)43-7)21-11-23(35(5)6)15-24(12-21)37(41)42/h8-12,15,18-19,22,26-30,38-39H,13-14,16-17H2,1-7H3,(H,34,40)/t18-,19-,22+,26+,27-,28-,29-,30-/m0/s1. The van der Waals surface area contributed by atoms with E-state index in [0.717, 1.165) is 6.42 Å². The number of nitro benzene ring substituents is 1. The first kappa shape index (κ1) is 32.2. The van der Waals surface area contributed by atoms with Gasteiger partial charge in [-0.25, -0.2) is 0 Å². The van der Waals surface area contributed by atoms with Crippen molar-refractivity contribution in [3.8, 4) is 16.9 Å². The number of hydrogen-bond donors (Lipinski definition) is 3. The molecule has 11 nitrogen and oxygen atoms in total. The van der Waals surface area contributed by atoms with E-state index in [1.807, 2.05) is 38.4 Å². The van der Waals surface area contributed by atoms with Crippen LogP contribution in [-0.4, -0.2) is 78.2 Å². The number of aliphatic hydroxyl groups excluding tert-OH is 2. The Bertz CT molecular complexity index is 1400. The highest BCUT2D eigenvalue weighted by Gasteiger charge is 2.57. The zero-order chi connectivity index (χ0) is 32.1. The number of aliphatic hydroxyl groups is 2. The van der Waals surface area contributed by atoms with Crippen molar-refractivity contribution in [3.63, 3.8) is 0 Å². The fourth-order valence-electron chi connectivity index (χ4n) is 7.94. The van der Waals surface area contributed by atoms with E-state index in [4.69, 9.17) is 9.57 Å². The molecule has 44 heavy (non-hydrogen) atoms. The molecule has 3 saturated carbocycles. The van der Waals surface area contributed by atoms with Gasteiger partial charge in [-0.1, -0.05) is 39.0 Å². The number of fused-ring (bicyclic) bond motifs is 2. The van der Waals surface area contributed by atoms with Gasteiger partial charge in [0, 0.05) is 55.0 Å². The largest absolute Gasteiger partial charge is 0.496 e. The zero-order valence-corrected chi connectivity index (χ0v) is 26.7. The number of methoxy groups -OCH3 is 1. The van der Waals surface area contributed by atoms with Gasteiger partial charge in [0.05, 0.1) is 31.3 Å². The lowest BCUT2D eigenvalue weighted by Crippen LogP contribution is -2.62. The van der Waals surface area contributed by atoms with Gasteiger partial charge in [-0.15, -0.1) is 0 Å². The number of carbonyl (C=O) groups excluding carboxylic acids is 1. The second-order valence-electron chi connectivity index (χ2n) is 13.6. The third kappa shape index (κ3) is 5.66. The molecule has 2 aromatic rings. The van der Waals surface area contributed by atoms with Crippen LogP contribution in [0.5, 0.6) is 5.75 Å². The average molecular weight is 611 g/mol. The van der Waals surface area contributed by atoms with E-state index in [2.05, 4.69) is 26.1 Å². The Balaban J connectivity index is 1.46. The Morgan fingerprint density at radius 1 is 1.27 bits per heavy atom. The van der Waals surface area contributed by atoms with Crippen LogP contribution in [0, 0.1) is 39.2 Å². The van der Waals surface area contributed by atoms with Crippen LogP contribution in [0.1, 0.15) is 46.1 Å². The molecule has 0 radical (unpaired) electrons. The molecular formula is C33H46N4O7. The van der Waals surface area contributed by atoms with E-state index >= 15 is 0 Å². The average Bonchev–Trinajstić information content (AvgIpc) is 3.36. The molecule has 4 fully saturated rings. The summed E-state index contributed by atoms with van der Waals surface area (Å²) < 4.78 is 5.87. The minimum atomic E-state index is -0.911. The first-order chi connectivity index (χ1) is 20.8. The number of hydrogen-bond acceptors (Lipinski definition) is 9. The summed E-state index contributed by atoms with van der Waals surface area (Å²) in [7, 11) is 5.18. The predicted molar refractivity (Wildman–Crippen MR) is 167 cm³/mol. The molecule has 1 saturated heterocycles. The van der Waals surface area contributed by atoms with Gasteiger partial charge in [0.15, 0.2) is 0 Å². The number of ether oxygens (including phenoxy) is 1. The van der Waals surface area contributed by atoms with E-state index in [9.17, 15) is 25.1 Å². The van der Waals surface area contributed by atoms with Crippen LogP contribution in [0.25, 0.3) is 11.1 Å². The third-order valence-corrected chi connectivity index (χ3v) is 10.6. The number of anilines is 1. The molecule has 6 rings (SSSR count). The minimum absolute atomic E-state index is 0.0292. The molecule has 1 heterocycles. The molecule has 1 amide bonds. The quantitative estimate of drug-likeness (QED) is 0.269. The number of non-ortho nitro benzene ring substituents is 1. The number of benzene rings is 2. The van der Waals surface area contributed by atoms with Crippen LogP contribution >= 0.6 is 0 Å². The topological polar surface area (TPSA) is 138 Å². The lowest BCUT2D eigenvalue weighted by atomic mass is 9.45. The Hall–Kier alpha value is -3.25. The number of nitrogens with zero attached hydrogens (tertiary/aromatic N) is 3. The van der Waals surface area contributed by atoms with Gasteiger partial charge in [0.2, 0.25) is 5.91 Å². The Labute approximate surface area is 259 Å². The fourth-order valence-corrected chi connectivity index (χ4v) is 7.94. The SMILES string of the molecule is COc1c(CN2O[C@@H](CO)[C@H]([C@H](C)O)[C@H]2C(=O)N[C@H]2C[C@H]3C[C@H]([C@@H]2C)C3(C)C)cccc1-c1cc(N(C)C)cc([N+](=O)[O-])c1. The van der Waals surface area contributed by atoms with Crippen molar-refractivity contribution in [2.24, 2.45) is 29.1 Å². The van der Waals surface area contributed by atoms with E-state index in [0.29, 0.717) is 45.9 Å². The van der Waals surface area contributed by atoms with Crippen molar-refractivity contribution >= 4 is 17.3 Å². The Morgan fingerprint density at radius 3 is 2.57 bits per heavy atom. The van der Waals surface area contributed by atoms with Crippen LogP contribution in [0.15, 0.2) is 36.4 Å². The second-order valence-corrected chi connectivity index (χ2v) is 13.6. The van der Waals surface area contributed by atoms with Crippen molar-refractivity contribution in [3.05, 3.63) is 52.1 Å². The van der Waals surface area contributed by atoms with Crippen molar-refractivity contribution in [2.45, 2.75) is 71.4 Å². The molecule has 0 spiro atoms. The van der Waals surface area contributed by atoms with E-state index in [1.165, 1.54) is 25.7 Å². The summed E-state index contributed by atoms with van der Waals surface area (Å²) in [5.41, 5.74) is 2.87. The maximum atomic E-state index is 14.0. The highest BCUT2D eigenvalue weighted by molar-refractivity contribution is 5.83. The molecule has 3 aliphatic carbocycles. The number of rotatable bonds is 10. The molecule has 3 N–H and O–H groups in total. The van der Waals surface area contributed by atoms with Gasteiger partial charge in [-0.05, 0) is 54.6 Å². The number of nitro groups is 1. The molecule has 8 atom stereocenters. The summed E-state index contributed by atoms with van der Waals surface area (Å²) in [6.45, 7) is 8.24. The molecule has 2 aromatic carbocycles. The summed E-state index contributed by atoms with van der Waals surface area (Å²) in [6.07, 6.45) is 0.432. The van der Waals surface area contributed by atoms with E-state index in [1.54, 1.807) is 16.9 Å². The summed E-state index contributed by atoms with van der Waals surface area (Å²) in [4.78, 5) is 33.3. The highest BCUT2D eigenvalue weighted by Crippen LogP contribution is 2.61. The van der Waals surface area contributed by atoms with Crippen molar-refractivity contribution in [1.82, 2.24) is 10.4 Å². The third-order valence-electron chi connectivity index (χ3n) is 10.6. The van der Waals surface area contributed by atoms with Crippen LogP contribution in [-0.2, 0) is 16.2 Å². The Kier molecular flexibility index (Phi) is 8.97. The van der Waals surface area contributed by atoms with Gasteiger partial charge < -0.3 is 25.2 Å². The first-order valence-electron chi connectivity index (χ1n) is 15.4.